The summed E-state index contributed by atoms with van der Waals surface area (Å²) in [5.74, 6) is 0.819. The minimum absolute atomic E-state index is 0.0706. The second kappa shape index (κ2) is 9.94. The predicted octanol–water partition coefficient (Wildman–Crippen LogP) is 1.58. The molecule has 148 valence electrons. The van der Waals surface area contributed by atoms with Crippen molar-refractivity contribution in [1.82, 2.24) is 20.9 Å². The summed E-state index contributed by atoms with van der Waals surface area (Å²) >= 11 is 5.80. The van der Waals surface area contributed by atoms with Gasteiger partial charge in [0.1, 0.15) is 5.15 Å². The van der Waals surface area contributed by atoms with E-state index in [-0.39, 0.29) is 5.91 Å². The number of nitrogens with one attached hydrogen (secondary N) is 3. The quantitative estimate of drug-likeness (QED) is 0.389. The highest BCUT2D eigenvalue weighted by Gasteiger charge is 2.16. The molecular formula is C20H25ClN6O. The second-order valence-corrected chi connectivity index (χ2v) is 6.92. The van der Waals surface area contributed by atoms with Crippen molar-refractivity contribution in [2.75, 3.05) is 38.1 Å². The number of amides is 1. The number of guanidine groups is 1. The number of hydrogen-bond acceptors (Lipinski definition) is 4. The maximum Gasteiger partial charge on any atom is 0.239 e. The van der Waals surface area contributed by atoms with E-state index in [2.05, 4.69) is 55.1 Å². The number of benzene rings is 1. The van der Waals surface area contributed by atoms with E-state index in [1.165, 1.54) is 0 Å². The zero-order chi connectivity index (χ0) is 19.8. The van der Waals surface area contributed by atoms with Gasteiger partial charge in [0, 0.05) is 45.1 Å². The van der Waals surface area contributed by atoms with Crippen LogP contribution in [0.3, 0.4) is 0 Å². The normalized spacial score (nSPS) is 14.6. The summed E-state index contributed by atoms with van der Waals surface area (Å²) in [7, 11) is 1.75. The minimum atomic E-state index is 0.0706. The molecule has 2 aromatic rings. The Balaban J connectivity index is 1.44. The largest absolute Gasteiger partial charge is 0.360 e. The first-order valence-corrected chi connectivity index (χ1v) is 9.67. The zero-order valence-corrected chi connectivity index (χ0v) is 16.7. The molecule has 0 atom stereocenters. The first-order valence-electron chi connectivity index (χ1n) is 9.29. The van der Waals surface area contributed by atoms with Crippen LogP contribution in [0.25, 0.3) is 0 Å². The van der Waals surface area contributed by atoms with Crippen LogP contribution in [0.15, 0.2) is 47.6 Å². The zero-order valence-electron chi connectivity index (χ0n) is 15.9. The first-order chi connectivity index (χ1) is 13.6. The highest BCUT2D eigenvalue weighted by molar-refractivity contribution is 6.29. The van der Waals surface area contributed by atoms with Gasteiger partial charge in [-0.3, -0.25) is 9.79 Å². The maximum absolute atomic E-state index is 11.5. The number of carbonyl (C=O) groups excluding carboxylic acids is 1. The van der Waals surface area contributed by atoms with Crippen LogP contribution in [0.2, 0.25) is 5.15 Å². The lowest BCUT2D eigenvalue weighted by Gasteiger charge is -2.28. The number of carbonyl (C=O) groups is 1. The van der Waals surface area contributed by atoms with Crippen molar-refractivity contribution in [3.05, 3.63) is 58.9 Å². The van der Waals surface area contributed by atoms with E-state index in [4.69, 9.17) is 11.6 Å². The Morgan fingerprint density at radius 1 is 1.21 bits per heavy atom. The van der Waals surface area contributed by atoms with Crippen molar-refractivity contribution < 1.29 is 4.79 Å². The maximum atomic E-state index is 11.5. The molecule has 0 bridgehead atoms. The Hall–Kier alpha value is -2.80. The molecule has 1 aliphatic heterocycles. The number of hydrogen-bond donors (Lipinski definition) is 3. The molecule has 28 heavy (non-hydrogen) atoms. The average molecular weight is 401 g/mol. The standard InChI is InChI=1S/C20H25ClN6O/c1-22-20(24-9-8-16-4-7-18(21)25-12-16)26-13-15-2-5-17(6-3-15)27-11-10-23-19(28)14-27/h2-7,12H,8-11,13-14H2,1H3,(H,23,28)(H2,22,24,26). The number of anilines is 1. The van der Waals surface area contributed by atoms with Gasteiger partial charge in [-0.2, -0.15) is 0 Å². The molecule has 2 heterocycles. The summed E-state index contributed by atoms with van der Waals surface area (Å²) in [5.41, 5.74) is 3.34. The molecule has 1 aliphatic rings. The van der Waals surface area contributed by atoms with Gasteiger partial charge in [-0.05, 0) is 35.7 Å². The molecule has 1 fully saturated rings. The third-order valence-corrected chi connectivity index (χ3v) is 4.74. The van der Waals surface area contributed by atoms with E-state index in [9.17, 15) is 4.79 Å². The van der Waals surface area contributed by atoms with E-state index in [1.807, 2.05) is 6.07 Å². The van der Waals surface area contributed by atoms with Crippen molar-refractivity contribution >= 4 is 29.2 Å². The van der Waals surface area contributed by atoms with E-state index < -0.39 is 0 Å². The number of nitrogens with zero attached hydrogens (tertiary/aromatic N) is 3. The first kappa shape index (κ1) is 19.9. The van der Waals surface area contributed by atoms with Gasteiger partial charge in [0.15, 0.2) is 5.96 Å². The van der Waals surface area contributed by atoms with Gasteiger partial charge in [0.05, 0.1) is 6.54 Å². The molecule has 7 nitrogen and oxygen atoms in total. The molecule has 3 N–H and O–H groups in total. The van der Waals surface area contributed by atoms with Crippen molar-refractivity contribution in [2.24, 2.45) is 4.99 Å². The monoisotopic (exact) mass is 400 g/mol. The smallest absolute Gasteiger partial charge is 0.239 e. The summed E-state index contributed by atoms with van der Waals surface area (Å²) in [6.45, 7) is 3.36. The number of rotatable bonds is 6. The summed E-state index contributed by atoms with van der Waals surface area (Å²) < 4.78 is 0. The van der Waals surface area contributed by atoms with E-state index >= 15 is 0 Å². The third kappa shape index (κ3) is 5.85. The Morgan fingerprint density at radius 2 is 2.00 bits per heavy atom. The Kier molecular flexibility index (Phi) is 7.08. The van der Waals surface area contributed by atoms with Gasteiger partial charge in [-0.1, -0.05) is 29.8 Å². The van der Waals surface area contributed by atoms with E-state index in [0.717, 1.165) is 42.3 Å². The molecule has 1 saturated heterocycles. The highest BCUT2D eigenvalue weighted by Crippen LogP contribution is 2.16. The fraction of sp³-hybridized carbons (Fsp3) is 0.350. The minimum Gasteiger partial charge on any atom is -0.360 e. The number of pyridine rings is 1. The lowest BCUT2D eigenvalue weighted by atomic mass is 10.2. The lowest BCUT2D eigenvalue weighted by molar-refractivity contribution is -0.120. The molecule has 1 aromatic carbocycles. The van der Waals surface area contributed by atoms with Crippen LogP contribution in [0, 0.1) is 0 Å². The van der Waals surface area contributed by atoms with Crippen LogP contribution in [-0.4, -0.2) is 50.1 Å². The van der Waals surface area contributed by atoms with Gasteiger partial charge < -0.3 is 20.9 Å². The molecule has 0 saturated carbocycles. The number of halogens is 1. The van der Waals surface area contributed by atoms with Crippen molar-refractivity contribution in [1.29, 1.82) is 0 Å². The topological polar surface area (TPSA) is 81.7 Å². The van der Waals surface area contributed by atoms with E-state index in [0.29, 0.717) is 24.8 Å². The van der Waals surface area contributed by atoms with Gasteiger partial charge in [0.25, 0.3) is 0 Å². The van der Waals surface area contributed by atoms with Crippen LogP contribution < -0.4 is 20.9 Å². The molecule has 1 aromatic heterocycles. The summed E-state index contributed by atoms with van der Waals surface area (Å²) in [4.78, 5) is 21.9. The highest BCUT2D eigenvalue weighted by atomic mass is 35.5. The molecule has 0 spiro atoms. The van der Waals surface area contributed by atoms with Gasteiger partial charge in [-0.15, -0.1) is 0 Å². The van der Waals surface area contributed by atoms with Gasteiger partial charge >= 0.3 is 0 Å². The lowest BCUT2D eigenvalue weighted by Crippen LogP contribution is -2.47. The summed E-state index contributed by atoms with van der Waals surface area (Å²) in [6.07, 6.45) is 2.62. The van der Waals surface area contributed by atoms with Crippen LogP contribution >= 0.6 is 11.6 Å². The molecule has 1 amide bonds. The Morgan fingerprint density at radius 3 is 2.68 bits per heavy atom. The number of aromatic nitrogens is 1. The Bertz CT molecular complexity index is 806. The Labute approximate surface area is 170 Å². The van der Waals surface area contributed by atoms with Gasteiger partial charge in [0.2, 0.25) is 5.91 Å². The van der Waals surface area contributed by atoms with Crippen LogP contribution in [0.1, 0.15) is 11.1 Å². The van der Waals surface area contributed by atoms with Crippen LogP contribution in [0.4, 0.5) is 5.69 Å². The van der Waals surface area contributed by atoms with E-state index in [1.54, 1.807) is 19.3 Å². The molecule has 0 unspecified atom stereocenters. The fourth-order valence-corrected chi connectivity index (χ4v) is 3.08. The number of piperazine rings is 1. The van der Waals surface area contributed by atoms with Crippen molar-refractivity contribution in [3.63, 3.8) is 0 Å². The second-order valence-electron chi connectivity index (χ2n) is 6.53. The van der Waals surface area contributed by atoms with Crippen LogP contribution in [0.5, 0.6) is 0 Å². The van der Waals surface area contributed by atoms with Crippen molar-refractivity contribution in [2.45, 2.75) is 13.0 Å². The molecular weight excluding hydrogens is 376 g/mol. The fourth-order valence-electron chi connectivity index (χ4n) is 2.97. The van der Waals surface area contributed by atoms with Crippen LogP contribution in [-0.2, 0) is 17.8 Å². The molecule has 8 heteroatoms. The molecule has 3 rings (SSSR count). The summed E-state index contributed by atoms with van der Waals surface area (Å²) in [6, 6.07) is 12.0. The third-order valence-electron chi connectivity index (χ3n) is 4.52. The molecule has 0 radical (unpaired) electrons. The van der Waals surface area contributed by atoms with Gasteiger partial charge in [-0.25, -0.2) is 4.98 Å². The van der Waals surface area contributed by atoms with Crippen molar-refractivity contribution in [3.8, 4) is 0 Å². The number of aliphatic imine (C=N–C) groups is 1. The molecule has 0 aliphatic carbocycles. The summed E-state index contributed by atoms with van der Waals surface area (Å²) in [5, 5.41) is 9.95. The SMILES string of the molecule is CN=C(NCCc1ccc(Cl)nc1)NCc1ccc(N2CCNC(=O)C2)cc1. The predicted molar refractivity (Wildman–Crippen MR) is 113 cm³/mol. The average Bonchev–Trinajstić information content (AvgIpc) is 2.72.